The van der Waals surface area contributed by atoms with E-state index in [0.29, 0.717) is 17.7 Å². The molecule has 2 aliphatic heterocycles. The predicted molar refractivity (Wildman–Crippen MR) is 86.7 cm³/mol. The molecule has 3 rings (SSSR count). The summed E-state index contributed by atoms with van der Waals surface area (Å²) in [5, 5.41) is 4.19. The Morgan fingerprint density at radius 1 is 1.30 bits per heavy atom. The first kappa shape index (κ1) is 16.4. The Labute approximate surface area is 138 Å². The Balaban J connectivity index is 1.61. The number of hydrogen-bond acceptors (Lipinski definition) is 4. The van der Waals surface area contributed by atoms with Gasteiger partial charge < -0.3 is 9.64 Å². The van der Waals surface area contributed by atoms with Gasteiger partial charge in [-0.05, 0) is 37.5 Å². The summed E-state index contributed by atoms with van der Waals surface area (Å²) in [5.41, 5.74) is -0.293. The molecule has 1 aromatic rings. The maximum atomic E-state index is 13.1. The van der Waals surface area contributed by atoms with E-state index < -0.39 is 0 Å². The molecule has 3 heterocycles. The summed E-state index contributed by atoms with van der Waals surface area (Å²) in [5.74, 6) is 1.21. The highest BCUT2D eigenvalue weighted by atomic mass is 16.5. The summed E-state index contributed by atoms with van der Waals surface area (Å²) < 4.78 is 7.33. The third kappa shape index (κ3) is 3.74. The molecule has 0 spiro atoms. The molecule has 2 aliphatic rings. The summed E-state index contributed by atoms with van der Waals surface area (Å²) in [6.45, 7) is 8.39. The number of carbonyl (C=O) groups excluding carboxylic acids is 1. The highest BCUT2D eigenvalue weighted by Gasteiger charge is 2.41. The van der Waals surface area contributed by atoms with E-state index in [2.05, 4.69) is 28.8 Å². The molecular formula is C17H28N4O2. The normalized spacial score (nSPS) is 23.9. The molecule has 1 atom stereocenters. The Hall–Kier alpha value is -1.43. The lowest BCUT2D eigenvalue weighted by Crippen LogP contribution is -2.50. The van der Waals surface area contributed by atoms with Gasteiger partial charge in [-0.25, -0.2) is 4.98 Å². The van der Waals surface area contributed by atoms with E-state index in [-0.39, 0.29) is 5.41 Å². The molecule has 1 aromatic heterocycles. The van der Waals surface area contributed by atoms with E-state index in [1.54, 1.807) is 12.7 Å². The van der Waals surface area contributed by atoms with Crippen LogP contribution >= 0.6 is 0 Å². The maximum Gasteiger partial charge on any atom is 0.228 e. The summed E-state index contributed by atoms with van der Waals surface area (Å²) in [6.07, 6.45) is 7.55. The number of hydrogen-bond donors (Lipinski definition) is 0. The lowest BCUT2D eigenvalue weighted by molar-refractivity contribution is -0.147. The van der Waals surface area contributed by atoms with Crippen molar-refractivity contribution in [2.45, 2.75) is 46.1 Å². The van der Waals surface area contributed by atoms with Crippen LogP contribution in [0.1, 0.15) is 39.5 Å². The van der Waals surface area contributed by atoms with E-state index in [1.165, 1.54) is 0 Å². The molecule has 0 N–H and O–H groups in total. The fourth-order valence-electron chi connectivity index (χ4n) is 3.99. The SMILES string of the molecule is CC(C)(C(=O)N1CCC[C@@H](Cn2cncn2)C1)C1CCOCC1. The quantitative estimate of drug-likeness (QED) is 0.851. The molecule has 6 nitrogen and oxygen atoms in total. The molecule has 23 heavy (non-hydrogen) atoms. The Kier molecular flexibility index (Phi) is 4.99. The van der Waals surface area contributed by atoms with Gasteiger partial charge in [0.1, 0.15) is 12.7 Å². The lowest BCUT2D eigenvalue weighted by atomic mass is 9.73. The summed E-state index contributed by atoms with van der Waals surface area (Å²) >= 11 is 0. The maximum absolute atomic E-state index is 13.1. The van der Waals surface area contributed by atoms with Crippen molar-refractivity contribution in [1.29, 1.82) is 0 Å². The van der Waals surface area contributed by atoms with Crippen molar-refractivity contribution in [1.82, 2.24) is 19.7 Å². The van der Waals surface area contributed by atoms with Crippen LogP contribution in [-0.2, 0) is 16.1 Å². The second-order valence-corrected chi connectivity index (χ2v) is 7.49. The van der Waals surface area contributed by atoms with E-state index in [9.17, 15) is 4.79 Å². The topological polar surface area (TPSA) is 60.2 Å². The van der Waals surface area contributed by atoms with E-state index in [1.807, 2.05) is 4.68 Å². The molecule has 0 radical (unpaired) electrons. The van der Waals surface area contributed by atoms with Crippen molar-refractivity contribution in [2.75, 3.05) is 26.3 Å². The number of rotatable bonds is 4. The largest absolute Gasteiger partial charge is 0.381 e. The van der Waals surface area contributed by atoms with Crippen LogP contribution in [0.2, 0.25) is 0 Å². The molecule has 0 saturated carbocycles. The van der Waals surface area contributed by atoms with Crippen molar-refractivity contribution in [3.63, 3.8) is 0 Å². The summed E-state index contributed by atoms with van der Waals surface area (Å²) in [4.78, 5) is 19.2. The molecule has 2 saturated heterocycles. The number of ether oxygens (including phenoxy) is 1. The number of amides is 1. The molecule has 0 bridgehead atoms. The average molecular weight is 320 g/mol. The molecule has 2 fully saturated rings. The van der Waals surface area contributed by atoms with Gasteiger partial charge in [-0.15, -0.1) is 0 Å². The van der Waals surface area contributed by atoms with Gasteiger partial charge in [-0.1, -0.05) is 13.8 Å². The lowest BCUT2D eigenvalue weighted by Gasteiger charge is -2.42. The Morgan fingerprint density at radius 3 is 2.78 bits per heavy atom. The molecule has 0 aromatic carbocycles. The number of carbonyl (C=O) groups is 1. The van der Waals surface area contributed by atoms with Crippen molar-refractivity contribution < 1.29 is 9.53 Å². The van der Waals surface area contributed by atoms with Crippen LogP contribution in [0, 0.1) is 17.3 Å². The summed E-state index contributed by atoms with van der Waals surface area (Å²) in [7, 11) is 0. The van der Waals surface area contributed by atoms with Gasteiger partial charge in [0, 0.05) is 38.3 Å². The highest BCUT2D eigenvalue weighted by Crippen LogP contribution is 2.37. The zero-order valence-corrected chi connectivity index (χ0v) is 14.3. The Bertz CT molecular complexity index is 509. The van der Waals surface area contributed by atoms with Gasteiger partial charge in [0.15, 0.2) is 0 Å². The molecular weight excluding hydrogens is 292 g/mol. The zero-order valence-electron chi connectivity index (χ0n) is 14.3. The number of piperidine rings is 1. The van der Waals surface area contributed by atoms with Crippen LogP contribution in [0.4, 0.5) is 0 Å². The minimum atomic E-state index is -0.293. The molecule has 128 valence electrons. The van der Waals surface area contributed by atoms with E-state index in [0.717, 1.165) is 58.5 Å². The standard InChI is InChI=1S/C17H28N4O2/c1-17(2,15-5-8-23-9-6-15)16(22)20-7-3-4-14(10-20)11-21-13-18-12-19-21/h12-15H,3-11H2,1-2H3/t14-/m1/s1. The van der Waals surface area contributed by atoms with Gasteiger partial charge in [-0.2, -0.15) is 5.10 Å². The van der Waals surface area contributed by atoms with Crippen LogP contribution < -0.4 is 0 Å². The minimum absolute atomic E-state index is 0.293. The average Bonchev–Trinajstić information content (AvgIpc) is 3.08. The van der Waals surface area contributed by atoms with Crippen LogP contribution in [0.15, 0.2) is 12.7 Å². The number of aromatic nitrogens is 3. The van der Waals surface area contributed by atoms with Crippen LogP contribution in [-0.4, -0.2) is 51.9 Å². The van der Waals surface area contributed by atoms with Gasteiger partial charge >= 0.3 is 0 Å². The first-order chi connectivity index (χ1) is 11.1. The highest BCUT2D eigenvalue weighted by molar-refractivity contribution is 5.82. The van der Waals surface area contributed by atoms with Gasteiger partial charge in [-0.3, -0.25) is 9.48 Å². The molecule has 0 aliphatic carbocycles. The number of nitrogens with zero attached hydrogens (tertiary/aromatic N) is 4. The van der Waals surface area contributed by atoms with Gasteiger partial charge in [0.25, 0.3) is 0 Å². The fraction of sp³-hybridized carbons (Fsp3) is 0.824. The monoisotopic (exact) mass is 320 g/mol. The first-order valence-corrected chi connectivity index (χ1v) is 8.77. The van der Waals surface area contributed by atoms with E-state index in [4.69, 9.17) is 4.74 Å². The zero-order chi connectivity index (χ0) is 16.3. The second kappa shape index (κ2) is 6.99. The van der Waals surface area contributed by atoms with Crippen LogP contribution in [0.3, 0.4) is 0 Å². The fourth-order valence-corrected chi connectivity index (χ4v) is 3.99. The van der Waals surface area contributed by atoms with Gasteiger partial charge in [0.2, 0.25) is 5.91 Å². The Morgan fingerprint density at radius 2 is 2.09 bits per heavy atom. The molecule has 6 heteroatoms. The minimum Gasteiger partial charge on any atom is -0.381 e. The van der Waals surface area contributed by atoms with Crippen molar-refractivity contribution >= 4 is 5.91 Å². The van der Waals surface area contributed by atoms with E-state index >= 15 is 0 Å². The third-order valence-electron chi connectivity index (χ3n) is 5.51. The predicted octanol–water partition coefficient (Wildman–Crippen LogP) is 1.97. The van der Waals surface area contributed by atoms with Crippen molar-refractivity contribution in [2.24, 2.45) is 17.3 Å². The van der Waals surface area contributed by atoms with Crippen molar-refractivity contribution in [3.8, 4) is 0 Å². The van der Waals surface area contributed by atoms with Gasteiger partial charge in [0.05, 0.1) is 0 Å². The van der Waals surface area contributed by atoms with Crippen molar-refractivity contribution in [3.05, 3.63) is 12.7 Å². The number of likely N-dealkylation sites (tertiary alicyclic amines) is 1. The smallest absolute Gasteiger partial charge is 0.228 e. The summed E-state index contributed by atoms with van der Waals surface area (Å²) in [6, 6.07) is 0. The third-order valence-corrected chi connectivity index (χ3v) is 5.51. The first-order valence-electron chi connectivity index (χ1n) is 8.77. The molecule has 1 amide bonds. The molecule has 0 unspecified atom stereocenters. The van der Waals surface area contributed by atoms with Crippen LogP contribution in [0.5, 0.6) is 0 Å². The van der Waals surface area contributed by atoms with Crippen LogP contribution in [0.25, 0.3) is 0 Å². The second-order valence-electron chi connectivity index (χ2n) is 7.49.